The summed E-state index contributed by atoms with van der Waals surface area (Å²) in [6.07, 6.45) is 4.59. The number of nitrogens with zero attached hydrogens (tertiary/aromatic N) is 4. The predicted octanol–water partition coefficient (Wildman–Crippen LogP) is 3.56. The van der Waals surface area contributed by atoms with Gasteiger partial charge in [-0.15, -0.1) is 5.10 Å². The number of aryl methyl sites for hydroxylation is 1. The van der Waals surface area contributed by atoms with Crippen LogP contribution in [0.25, 0.3) is 22.3 Å². The summed E-state index contributed by atoms with van der Waals surface area (Å²) in [5.74, 6) is 1.55. The third-order valence-corrected chi connectivity index (χ3v) is 6.83. The van der Waals surface area contributed by atoms with Crippen LogP contribution in [0.1, 0.15) is 25.7 Å². The number of ether oxygens (including phenoxy) is 2. The van der Waals surface area contributed by atoms with Crippen LogP contribution in [-0.4, -0.2) is 61.8 Å². The lowest BCUT2D eigenvalue weighted by Crippen LogP contribution is -2.46. The predicted molar refractivity (Wildman–Crippen MR) is 139 cm³/mol. The van der Waals surface area contributed by atoms with E-state index in [1.165, 1.54) is 7.11 Å². The molecule has 0 spiro atoms. The van der Waals surface area contributed by atoms with Gasteiger partial charge in [0.25, 0.3) is 5.91 Å². The molecule has 0 radical (unpaired) electrons. The molecule has 0 saturated heterocycles. The average Bonchev–Trinajstić information content (AvgIpc) is 3.53. The van der Waals surface area contributed by atoms with Gasteiger partial charge in [0.2, 0.25) is 5.95 Å². The third-order valence-electron chi connectivity index (χ3n) is 6.42. The van der Waals surface area contributed by atoms with Crippen molar-refractivity contribution in [1.29, 1.82) is 0 Å². The lowest BCUT2D eigenvalue weighted by atomic mass is 9.92. The highest BCUT2D eigenvalue weighted by molar-refractivity contribution is 6.38. The van der Waals surface area contributed by atoms with Gasteiger partial charge in [0.15, 0.2) is 23.9 Å². The molecule has 2 heterocycles. The molecule has 194 valence electrons. The van der Waals surface area contributed by atoms with Gasteiger partial charge in [-0.1, -0.05) is 24.4 Å². The SMILES string of the molecule is COc1cc(-c2nc(Nc3ccc4[nH]ncc4c3Cl)n(C)n2)ccc1OCC(=O)NC1CCCCC1O. The number of benzene rings is 2. The van der Waals surface area contributed by atoms with Crippen molar-refractivity contribution in [2.75, 3.05) is 19.0 Å². The van der Waals surface area contributed by atoms with E-state index >= 15 is 0 Å². The van der Waals surface area contributed by atoms with Crippen LogP contribution in [0.4, 0.5) is 11.6 Å². The van der Waals surface area contributed by atoms with E-state index in [4.69, 9.17) is 21.1 Å². The van der Waals surface area contributed by atoms with Crippen molar-refractivity contribution in [3.63, 3.8) is 0 Å². The largest absolute Gasteiger partial charge is 0.493 e. The number of aliphatic hydroxyl groups is 1. The highest BCUT2D eigenvalue weighted by Crippen LogP contribution is 2.34. The summed E-state index contributed by atoms with van der Waals surface area (Å²) in [7, 11) is 3.30. The number of rotatable bonds is 8. The van der Waals surface area contributed by atoms with Crippen molar-refractivity contribution < 1.29 is 19.4 Å². The van der Waals surface area contributed by atoms with E-state index in [2.05, 4.69) is 30.9 Å². The maximum Gasteiger partial charge on any atom is 0.258 e. The Kier molecular flexibility index (Phi) is 7.15. The van der Waals surface area contributed by atoms with Gasteiger partial charge < -0.3 is 25.2 Å². The van der Waals surface area contributed by atoms with E-state index in [-0.39, 0.29) is 18.6 Å². The molecule has 4 N–H and O–H groups in total. The van der Waals surface area contributed by atoms with E-state index in [1.807, 2.05) is 12.1 Å². The number of carbonyl (C=O) groups is 1. The fraction of sp³-hybridized carbons (Fsp3) is 0.360. The number of carbonyl (C=O) groups excluding carboxylic acids is 1. The molecule has 2 aromatic carbocycles. The van der Waals surface area contributed by atoms with Crippen LogP contribution in [0.5, 0.6) is 11.5 Å². The molecular formula is C25H28ClN7O4. The van der Waals surface area contributed by atoms with Gasteiger partial charge in [-0.2, -0.15) is 10.1 Å². The summed E-state index contributed by atoms with van der Waals surface area (Å²) >= 11 is 6.53. The van der Waals surface area contributed by atoms with Crippen molar-refractivity contribution >= 4 is 40.0 Å². The first kappa shape index (κ1) is 24.8. The average molecular weight is 526 g/mol. The Morgan fingerprint density at radius 1 is 1.24 bits per heavy atom. The van der Waals surface area contributed by atoms with Gasteiger partial charge in [-0.25, -0.2) is 4.68 Å². The number of halogens is 1. The van der Waals surface area contributed by atoms with E-state index in [1.54, 1.807) is 36.1 Å². The van der Waals surface area contributed by atoms with Gasteiger partial charge in [0.1, 0.15) is 0 Å². The zero-order valence-corrected chi connectivity index (χ0v) is 21.2. The zero-order chi connectivity index (χ0) is 25.9. The maximum absolute atomic E-state index is 12.4. The van der Waals surface area contributed by atoms with Crippen LogP contribution in [0.2, 0.25) is 5.02 Å². The van der Waals surface area contributed by atoms with Crippen molar-refractivity contribution in [2.24, 2.45) is 7.05 Å². The second kappa shape index (κ2) is 10.7. The first-order valence-corrected chi connectivity index (χ1v) is 12.4. The standard InChI is InChI=1S/C25H28ClN7O4/c1-33-25(29-18-9-8-16-15(23(18)26)12-27-31-16)30-24(32-33)14-7-10-20(21(11-14)36-2)37-13-22(35)28-17-5-3-4-6-19(17)34/h7-12,17,19,34H,3-6,13H2,1-2H3,(H,27,31)(H,28,35)(H,29,30,32). The molecule has 1 aliphatic rings. The topological polar surface area (TPSA) is 139 Å². The van der Waals surface area contributed by atoms with Gasteiger partial charge in [-0.3, -0.25) is 9.89 Å². The quantitative estimate of drug-likeness (QED) is 0.274. The number of hydrogen-bond donors (Lipinski definition) is 4. The molecule has 4 aromatic rings. The number of anilines is 2. The third kappa shape index (κ3) is 5.32. The molecular weight excluding hydrogens is 498 g/mol. The summed E-state index contributed by atoms with van der Waals surface area (Å²) in [6.45, 7) is -0.184. The molecule has 0 bridgehead atoms. The van der Waals surface area contributed by atoms with Crippen molar-refractivity contribution in [1.82, 2.24) is 30.3 Å². The van der Waals surface area contributed by atoms with Crippen molar-refractivity contribution in [3.05, 3.63) is 41.6 Å². The molecule has 12 heteroatoms. The summed E-state index contributed by atoms with van der Waals surface area (Å²) in [6, 6.07) is 8.76. The minimum Gasteiger partial charge on any atom is -0.493 e. The van der Waals surface area contributed by atoms with E-state index in [9.17, 15) is 9.90 Å². The van der Waals surface area contributed by atoms with Gasteiger partial charge in [0, 0.05) is 18.0 Å². The van der Waals surface area contributed by atoms with Crippen molar-refractivity contribution in [2.45, 2.75) is 37.8 Å². The molecule has 37 heavy (non-hydrogen) atoms. The van der Waals surface area contributed by atoms with Crippen LogP contribution in [-0.2, 0) is 11.8 Å². The summed E-state index contributed by atoms with van der Waals surface area (Å²) in [5.41, 5.74) is 2.23. The highest BCUT2D eigenvalue weighted by atomic mass is 35.5. The number of methoxy groups -OCH3 is 1. The number of hydrogen-bond acceptors (Lipinski definition) is 8. The number of fused-ring (bicyclic) bond motifs is 1. The van der Waals surface area contributed by atoms with Crippen LogP contribution in [0.3, 0.4) is 0 Å². The first-order chi connectivity index (χ1) is 17.9. The van der Waals surface area contributed by atoms with Crippen LogP contribution in [0.15, 0.2) is 36.5 Å². The molecule has 1 aliphatic carbocycles. The molecule has 1 fully saturated rings. The maximum atomic E-state index is 12.4. The fourth-order valence-electron chi connectivity index (χ4n) is 4.41. The Hall–Kier alpha value is -3.83. The Morgan fingerprint density at radius 3 is 2.89 bits per heavy atom. The second-order valence-electron chi connectivity index (χ2n) is 8.95. The Labute approximate surface area is 218 Å². The Bertz CT molecular complexity index is 1420. The summed E-state index contributed by atoms with van der Waals surface area (Å²) in [4.78, 5) is 17.0. The molecule has 1 saturated carbocycles. The molecule has 2 atom stereocenters. The lowest BCUT2D eigenvalue weighted by molar-refractivity contribution is -0.125. The molecule has 2 unspecified atom stereocenters. The van der Waals surface area contributed by atoms with Gasteiger partial charge in [0.05, 0.1) is 41.7 Å². The number of aromatic nitrogens is 5. The lowest BCUT2D eigenvalue weighted by Gasteiger charge is -2.28. The minimum atomic E-state index is -0.513. The van der Waals surface area contributed by atoms with E-state index < -0.39 is 6.10 Å². The second-order valence-corrected chi connectivity index (χ2v) is 9.32. The number of nitrogens with one attached hydrogen (secondary N) is 3. The van der Waals surface area contributed by atoms with Gasteiger partial charge in [-0.05, 0) is 43.2 Å². The van der Waals surface area contributed by atoms with E-state index in [0.29, 0.717) is 46.0 Å². The molecule has 2 aromatic heterocycles. The number of H-pyrrole nitrogens is 1. The molecule has 1 amide bonds. The van der Waals surface area contributed by atoms with Crippen LogP contribution >= 0.6 is 11.6 Å². The van der Waals surface area contributed by atoms with Crippen LogP contribution < -0.4 is 20.1 Å². The molecule has 5 rings (SSSR count). The van der Waals surface area contributed by atoms with Crippen molar-refractivity contribution in [3.8, 4) is 22.9 Å². The Morgan fingerprint density at radius 2 is 2.08 bits per heavy atom. The highest BCUT2D eigenvalue weighted by Gasteiger charge is 2.24. The van der Waals surface area contributed by atoms with Gasteiger partial charge >= 0.3 is 0 Å². The van der Waals surface area contributed by atoms with E-state index in [0.717, 1.165) is 30.2 Å². The smallest absolute Gasteiger partial charge is 0.258 e. The minimum absolute atomic E-state index is 0.184. The zero-order valence-electron chi connectivity index (χ0n) is 20.5. The summed E-state index contributed by atoms with van der Waals surface area (Å²) in [5, 5.41) is 28.9. The fourth-order valence-corrected chi connectivity index (χ4v) is 4.67. The number of aromatic amines is 1. The summed E-state index contributed by atoms with van der Waals surface area (Å²) < 4.78 is 12.8. The first-order valence-electron chi connectivity index (χ1n) is 12.0. The monoisotopic (exact) mass is 525 g/mol. The molecule has 11 nitrogen and oxygen atoms in total. The normalized spacial score (nSPS) is 17.5. The molecule has 0 aliphatic heterocycles. The Balaban J connectivity index is 1.27. The number of aliphatic hydroxyl groups excluding tert-OH is 1. The number of amides is 1. The van der Waals surface area contributed by atoms with Crippen LogP contribution in [0, 0.1) is 0 Å².